The van der Waals surface area contributed by atoms with Gasteiger partial charge in [-0.05, 0) is 122 Å². The Morgan fingerprint density at radius 3 is 1.18 bits per heavy atom. The number of hydrogen-bond donors (Lipinski definition) is 2. The monoisotopic (exact) mass is 1180 g/mol. The van der Waals surface area contributed by atoms with Gasteiger partial charge in [0.25, 0.3) is 0 Å². The maximum Gasteiger partial charge on any atom is 0.472 e. The van der Waals surface area contributed by atoms with Crippen LogP contribution in [0.2, 0.25) is 0 Å². The molecule has 83 heavy (non-hydrogen) atoms. The largest absolute Gasteiger partial charge is 0.472 e. The number of carbonyl (C=O) groups is 2. The van der Waals surface area contributed by atoms with Crippen molar-refractivity contribution in [1.82, 2.24) is 5.32 Å². The number of carbonyl (C=O) groups excluding carboxylic acids is 2. The Hall–Kier alpha value is -3.59. The van der Waals surface area contributed by atoms with Crippen LogP contribution in [0.1, 0.15) is 278 Å². The Balaban J connectivity index is 5.15. The number of esters is 1. The summed E-state index contributed by atoms with van der Waals surface area (Å²) in [6.45, 7) is 6.84. The molecule has 0 rings (SSSR count). The molecule has 0 heterocycles. The van der Waals surface area contributed by atoms with E-state index < -0.39 is 20.0 Å². The summed E-state index contributed by atoms with van der Waals surface area (Å²) in [6.07, 6.45) is 86.3. The molecule has 0 spiro atoms. The Morgan fingerprint density at radius 2 is 0.771 bits per heavy atom. The van der Waals surface area contributed by atoms with Gasteiger partial charge in [0.2, 0.25) is 5.91 Å². The number of hydrogen-bond acceptors (Lipinski definition) is 6. The summed E-state index contributed by atoms with van der Waals surface area (Å²) in [5, 5.41) is 3.05. The van der Waals surface area contributed by atoms with Crippen molar-refractivity contribution < 1.29 is 37.3 Å². The Kier molecular flexibility index (Phi) is 58.8. The van der Waals surface area contributed by atoms with E-state index >= 15 is 0 Å². The van der Waals surface area contributed by atoms with Crippen molar-refractivity contribution in [1.29, 1.82) is 0 Å². The molecule has 3 atom stereocenters. The van der Waals surface area contributed by atoms with E-state index in [4.69, 9.17) is 13.8 Å². The van der Waals surface area contributed by atoms with Gasteiger partial charge in [0, 0.05) is 12.8 Å². The van der Waals surface area contributed by atoms with E-state index in [1.54, 1.807) is 0 Å². The van der Waals surface area contributed by atoms with Crippen LogP contribution in [-0.4, -0.2) is 74.3 Å². The predicted octanol–water partition coefficient (Wildman–Crippen LogP) is 21.4. The molecule has 476 valence electrons. The highest BCUT2D eigenvalue weighted by atomic mass is 31.2. The second-order valence-electron chi connectivity index (χ2n) is 23.6. The van der Waals surface area contributed by atoms with E-state index in [0.717, 1.165) is 141 Å². The molecule has 0 aliphatic rings. The molecule has 0 radical (unpaired) electrons. The van der Waals surface area contributed by atoms with Crippen molar-refractivity contribution >= 4 is 19.7 Å². The van der Waals surface area contributed by atoms with Crippen molar-refractivity contribution in [3.8, 4) is 0 Å². The minimum Gasteiger partial charge on any atom is -0.456 e. The highest BCUT2D eigenvalue weighted by Crippen LogP contribution is 2.43. The highest BCUT2D eigenvalue weighted by molar-refractivity contribution is 7.47. The van der Waals surface area contributed by atoms with Crippen molar-refractivity contribution in [3.63, 3.8) is 0 Å². The van der Waals surface area contributed by atoms with Gasteiger partial charge in [0.15, 0.2) is 0 Å². The fourth-order valence-electron chi connectivity index (χ4n) is 9.19. The summed E-state index contributed by atoms with van der Waals surface area (Å²) >= 11 is 0. The predicted molar refractivity (Wildman–Crippen MR) is 360 cm³/mol. The number of unbranched alkanes of at least 4 members (excludes halogenated alkanes) is 26. The Labute approximate surface area is 512 Å². The topological polar surface area (TPSA) is 111 Å². The first-order chi connectivity index (χ1) is 40.4. The molecule has 0 bridgehead atoms. The molecule has 3 unspecified atom stereocenters. The Morgan fingerprint density at radius 1 is 0.434 bits per heavy atom. The second-order valence-corrected chi connectivity index (χ2v) is 25.1. The molecular weight excluding hydrogens is 1050 g/mol. The molecule has 0 saturated heterocycles. The lowest BCUT2D eigenvalue weighted by molar-refractivity contribution is -0.870. The lowest BCUT2D eigenvalue weighted by Gasteiger charge is -2.27. The van der Waals surface area contributed by atoms with Gasteiger partial charge in [0.05, 0.1) is 33.8 Å². The van der Waals surface area contributed by atoms with Gasteiger partial charge < -0.3 is 19.4 Å². The smallest absolute Gasteiger partial charge is 0.456 e. The molecule has 0 aromatic carbocycles. The summed E-state index contributed by atoms with van der Waals surface area (Å²) in [6, 6.07) is -0.870. The number of likely N-dealkylation sites (N-methyl/N-ethyl adjacent to an activating group) is 1. The SMILES string of the molecule is CC/C=C\C/C=C\C/C=C\C/C=C\C/C=C\CCCCCCCCCCCC(=O)OC(/C=C/CCCCCCCCCCC)C(COP(=O)(O)OCC[N+](C)(C)C)NC(=O)CCCCCCC/C=C\C/C=C\C/C=C\C/C=C\CCCCC. The lowest BCUT2D eigenvalue weighted by atomic mass is 10.1. The quantitative estimate of drug-likeness (QED) is 0.0205. The Bertz CT molecular complexity index is 1830. The van der Waals surface area contributed by atoms with Crippen LogP contribution in [0.15, 0.2) is 122 Å². The number of nitrogens with one attached hydrogen (secondary N) is 1. The van der Waals surface area contributed by atoms with Gasteiger partial charge >= 0.3 is 13.8 Å². The van der Waals surface area contributed by atoms with E-state index in [1.807, 2.05) is 33.3 Å². The molecule has 10 heteroatoms. The van der Waals surface area contributed by atoms with Gasteiger partial charge in [-0.2, -0.15) is 0 Å². The maximum absolute atomic E-state index is 13.6. The van der Waals surface area contributed by atoms with Gasteiger partial charge in [-0.1, -0.05) is 265 Å². The minimum atomic E-state index is -4.47. The number of quaternary nitrogens is 1. The zero-order valence-corrected chi connectivity index (χ0v) is 55.3. The van der Waals surface area contributed by atoms with Crippen molar-refractivity contribution in [2.24, 2.45) is 0 Å². The molecule has 0 fully saturated rings. The van der Waals surface area contributed by atoms with Crippen LogP contribution in [-0.2, 0) is 27.9 Å². The molecule has 9 nitrogen and oxygen atoms in total. The van der Waals surface area contributed by atoms with Gasteiger partial charge in [-0.25, -0.2) is 4.57 Å². The van der Waals surface area contributed by atoms with Crippen LogP contribution in [0.25, 0.3) is 0 Å². The molecule has 0 aliphatic carbocycles. The zero-order chi connectivity index (χ0) is 60.7. The van der Waals surface area contributed by atoms with E-state index in [1.165, 1.54) is 103 Å². The van der Waals surface area contributed by atoms with E-state index in [-0.39, 0.29) is 31.5 Å². The van der Waals surface area contributed by atoms with Gasteiger partial charge in [0.1, 0.15) is 19.3 Å². The van der Waals surface area contributed by atoms with Gasteiger partial charge in [-0.3, -0.25) is 18.6 Å². The molecule has 2 N–H and O–H groups in total. The number of amides is 1. The molecule has 0 aromatic rings. The van der Waals surface area contributed by atoms with E-state index in [2.05, 4.69) is 135 Å². The van der Waals surface area contributed by atoms with Crippen molar-refractivity contribution in [2.75, 3.05) is 40.9 Å². The molecule has 1 amide bonds. The first-order valence-electron chi connectivity index (χ1n) is 33.9. The average molecular weight is 1180 g/mol. The van der Waals surface area contributed by atoms with E-state index in [0.29, 0.717) is 17.4 Å². The number of phosphoric acid groups is 1. The minimum absolute atomic E-state index is 0.0291. The van der Waals surface area contributed by atoms with Crippen LogP contribution in [0.5, 0.6) is 0 Å². The summed E-state index contributed by atoms with van der Waals surface area (Å²) in [5.74, 6) is -0.538. The first-order valence-corrected chi connectivity index (χ1v) is 35.4. The zero-order valence-electron chi connectivity index (χ0n) is 54.4. The van der Waals surface area contributed by atoms with Crippen LogP contribution < -0.4 is 5.32 Å². The number of rotatable bonds is 60. The fourth-order valence-corrected chi connectivity index (χ4v) is 9.92. The van der Waals surface area contributed by atoms with E-state index in [9.17, 15) is 19.0 Å². The normalized spacial score (nSPS) is 14.3. The third kappa shape index (κ3) is 62.8. The first kappa shape index (κ1) is 79.4. The number of nitrogens with zero attached hydrogens (tertiary/aromatic N) is 1. The molecule has 0 aliphatic heterocycles. The third-order valence-electron chi connectivity index (χ3n) is 14.4. The fraction of sp³-hybridized carbons (Fsp3) is 0.699. The molecular formula is C73H128N2O7P+. The number of ether oxygens (including phenoxy) is 1. The maximum atomic E-state index is 13.6. The highest BCUT2D eigenvalue weighted by Gasteiger charge is 2.30. The van der Waals surface area contributed by atoms with Crippen LogP contribution in [0.4, 0.5) is 0 Å². The van der Waals surface area contributed by atoms with Crippen molar-refractivity contribution in [2.45, 2.75) is 290 Å². The van der Waals surface area contributed by atoms with Crippen LogP contribution >= 0.6 is 7.82 Å². The lowest BCUT2D eigenvalue weighted by Crippen LogP contribution is -2.47. The average Bonchev–Trinajstić information content (AvgIpc) is 3.51. The molecule has 0 aromatic heterocycles. The van der Waals surface area contributed by atoms with Crippen LogP contribution in [0.3, 0.4) is 0 Å². The second kappa shape index (κ2) is 61.5. The molecule has 0 saturated carbocycles. The summed E-state index contributed by atoms with van der Waals surface area (Å²) in [5.41, 5.74) is 0. The summed E-state index contributed by atoms with van der Waals surface area (Å²) in [4.78, 5) is 37.8. The summed E-state index contributed by atoms with van der Waals surface area (Å²) < 4.78 is 30.7. The number of phosphoric ester groups is 1. The van der Waals surface area contributed by atoms with Gasteiger partial charge in [-0.15, -0.1) is 0 Å². The summed E-state index contributed by atoms with van der Waals surface area (Å²) in [7, 11) is 1.46. The number of allylic oxidation sites excluding steroid dienone is 19. The standard InChI is InChI=1S/C73H127N2O7P/c1-7-10-13-16-19-22-25-27-29-31-33-35-36-37-38-40-42-44-46-48-51-54-57-60-63-66-73(77)82-71(64-61-58-55-52-49-24-21-18-15-12-9-3)70(69-81-83(78,79)80-68-67-75(4,5)6)74-72(76)65-62-59-56-53-50-47-45-43-41-39-34-32-30-28-26-23-20-17-14-11-8-2/h10,13,19-20,22-23,27-30,33-35,37-39,43,45,61,64,70-71H,7-9,11-12,14-18,21,24-26,31-32,36,40-42,44,46-60,62-63,65-69H2,1-6H3,(H-,74,76,78,79)/p+1/b13-10-,22-19-,23-20-,29-27-,30-28-,35-33-,38-37-,39-34-,45-43-,64-61+. The van der Waals surface area contributed by atoms with Crippen molar-refractivity contribution in [3.05, 3.63) is 122 Å². The van der Waals surface area contributed by atoms with Crippen LogP contribution in [0, 0.1) is 0 Å². The third-order valence-corrected chi connectivity index (χ3v) is 15.4.